The van der Waals surface area contributed by atoms with Crippen LogP contribution in [0, 0.1) is 5.92 Å². The Labute approximate surface area is 427 Å². The van der Waals surface area contributed by atoms with Gasteiger partial charge in [-0.2, -0.15) is 0 Å². The van der Waals surface area contributed by atoms with E-state index >= 15 is 0 Å². The van der Waals surface area contributed by atoms with E-state index in [1.54, 1.807) is 38.8 Å². The van der Waals surface area contributed by atoms with Crippen LogP contribution < -0.4 is 21.3 Å². The Kier molecular flexibility index (Phi) is 20.8. The first-order chi connectivity index (χ1) is 35.7. The quantitative estimate of drug-likeness (QED) is 0.0396. The fraction of sp³-hybridized carbons (Fsp3) is 0.455. The van der Waals surface area contributed by atoms with E-state index in [-0.39, 0.29) is 35.6 Å². The van der Waals surface area contributed by atoms with E-state index in [9.17, 15) is 19.2 Å². The highest BCUT2D eigenvalue weighted by molar-refractivity contribution is 6.08. The van der Waals surface area contributed by atoms with Gasteiger partial charge in [-0.05, 0) is 81.5 Å². The SMILES string of the molecule is CN[C@@H](C)C(=O)N[C@H](C(=O)N1CCC[C@H]1c1cncc(-n2cc(C(=O)NCCCOCCOCCOCCOCCOCCCNC(=O)c3cn(-c4cccnc4)c4ccccc34)c3ccccc32)c1)C(C)C. The number of hydrogen-bond donors (Lipinski definition) is 4. The van der Waals surface area contributed by atoms with Gasteiger partial charge in [-0.1, -0.05) is 50.2 Å². The number of amides is 4. The summed E-state index contributed by atoms with van der Waals surface area (Å²) in [7, 11) is 1.72. The van der Waals surface area contributed by atoms with E-state index in [1.807, 2.05) is 107 Å². The fourth-order valence-electron chi connectivity index (χ4n) is 8.81. The minimum absolute atomic E-state index is 0.0924. The molecule has 1 fully saturated rings. The van der Waals surface area contributed by atoms with Crippen LogP contribution in [0.5, 0.6) is 0 Å². The van der Waals surface area contributed by atoms with E-state index < -0.39 is 12.1 Å². The van der Waals surface area contributed by atoms with E-state index in [0.717, 1.165) is 51.6 Å². The van der Waals surface area contributed by atoms with Crippen molar-refractivity contribution in [2.24, 2.45) is 5.92 Å². The second-order valence-electron chi connectivity index (χ2n) is 18.3. The maximum Gasteiger partial charge on any atom is 0.253 e. The number of pyridine rings is 2. The van der Waals surface area contributed by atoms with Crippen molar-refractivity contribution < 1.29 is 42.9 Å². The lowest BCUT2D eigenvalue weighted by Gasteiger charge is -2.32. The van der Waals surface area contributed by atoms with Crippen molar-refractivity contribution in [3.05, 3.63) is 121 Å². The fourth-order valence-corrected chi connectivity index (χ4v) is 8.81. The molecule has 2 aromatic carbocycles. The highest BCUT2D eigenvalue weighted by Gasteiger charge is 2.37. The summed E-state index contributed by atoms with van der Waals surface area (Å²) in [5.41, 5.74) is 5.56. The van der Waals surface area contributed by atoms with Gasteiger partial charge >= 0.3 is 0 Å². The normalized spacial score (nSPS) is 14.5. The predicted octanol–water partition coefficient (Wildman–Crippen LogP) is 5.80. The predicted molar refractivity (Wildman–Crippen MR) is 279 cm³/mol. The van der Waals surface area contributed by atoms with Crippen molar-refractivity contribution in [2.75, 3.05) is 92.8 Å². The summed E-state index contributed by atoms with van der Waals surface area (Å²) >= 11 is 0. The van der Waals surface area contributed by atoms with Crippen molar-refractivity contribution in [1.82, 2.24) is 45.3 Å². The molecule has 18 heteroatoms. The number of nitrogens with zero attached hydrogens (tertiary/aromatic N) is 5. The highest BCUT2D eigenvalue weighted by atomic mass is 16.6. The molecule has 5 heterocycles. The molecule has 0 aliphatic carbocycles. The Morgan fingerprint density at radius 3 is 1.68 bits per heavy atom. The minimum atomic E-state index is -0.648. The number of benzene rings is 2. The smallest absolute Gasteiger partial charge is 0.253 e. The third-order valence-corrected chi connectivity index (χ3v) is 12.8. The van der Waals surface area contributed by atoms with Crippen LogP contribution in [0.4, 0.5) is 0 Å². The molecule has 0 spiro atoms. The lowest BCUT2D eigenvalue weighted by Crippen LogP contribution is -2.54. The summed E-state index contributed by atoms with van der Waals surface area (Å²) in [4.78, 5) is 64.0. The molecular weight excluding hydrogens is 931 g/mol. The van der Waals surface area contributed by atoms with Crippen molar-refractivity contribution in [1.29, 1.82) is 0 Å². The molecule has 1 aliphatic heterocycles. The molecule has 0 unspecified atom stereocenters. The zero-order chi connectivity index (χ0) is 51.4. The monoisotopic (exact) mass is 1000 g/mol. The van der Waals surface area contributed by atoms with Gasteiger partial charge in [0.15, 0.2) is 0 Å². The van der Waals surface area contributed by atoms with Crippen molar-refractivity contribution in [3.8, 4) is 11.4 Å². The molecule has 0 radical (unpaired) electrons. The van der Waals surface area contributed by atoms with Crippen LogP contribution in [0.3, 0.4) is 0 Å². The Morgan fingerprint density at radius 1 is 0.644 bits per heavy atom. The topological polar surface area (TPSA) is 201 Å². The van der Waals surface area contributed by atoms with Gasteiger partial charge in [0.25, 0.3) is 11.8 Å². The molecule has 0 saturated carbocycles. The molecule has 4 aromatic heterocycles. The molecule has 4 N–H and O–H groups in total. The summed E-state index contributed by atoms with van der Waals surface area (Å²) in [5, 5.41) is 13.7. The van der Waals surface area contributed by atoms with Crippen LogP contribution in [0.15, 0.2) is 104 Å². The van der Waals surface area contributed by atoms with Gasteiger partial charge in [0.1, 0.15) is 6.04 Å². The van der Waals surface area contributed by atoms with Gasteiger partial charge in [-0.3, -0.25) is 29.1 Å². The molecule has 1 saturated heterocycles. The van der Waals surface area contributed by atoms with Crippen molar-refractivity contribution in [2.45, 2.75) is 64.6 Å². The third kappa shape index (κ3) is 14.8. The van der Waals surface area contributed by atoms with Crippen LogP contribution in [0.25, 0.3) is 33.2 Å². The van der Waals surface area contributed by atoms with Crippen LogP contribution >= 0.6 is 0 Å². The number of para-hydroxylation sites is 2. The molecule has 73 heavy (non-hydrogen) atoms. The molecule has 6 aromatic rings. The molecule has 7 rings (SSSR count). The molecular formula is C55H71N9O9. The van der Waals surface area contributed by atoms with Crippen LogP contribution in [0.1, 0.15) is 78.8 Å². The lowest BCUT2D eigenvalue weighted by molar-refractivity contribution is -0.138. The van der Waals surface area contributed by atoms with E-state index in [2.05, 4.69) is 31.2 Å². The largest absolute Gasteiger partial charge is 0.379 e. The standard InChI is InChI=1S/C55H71N9O9/c1-39(2)51(61-52(65)40(3)56-4)55(68)62-22-10-18-48(62)41-33-43(36-58-34-41)64-38-47(45-15-6-8-17-50(45)64)54(67)60-21-12-24-70-26-28-72-30-32-73-31-29-71-27-25-69-23-11-20-59-53(66)46-37-63(42-13-9-19-57-35-42)49-16-7-5-14-44(46)49/h5-9,13-17,19,33-40,48,51,56H,10-12,18,20-32H2,1-4H3,(H,59,66)(H,60,67)(H,61,65)/t40-,48-,51-/m0/s1. The number of nitrogens with one attached hydrogen (secondary N) is 4. The zero-order valence-electron chi connectivity index (χ0n) is 42.6. The molecule has 18 nitrogen and oxygen atoms in total. The average Bonchev–Trinajstić information content (AvgIpc) is 4.17. The van der Waals surface area contributed by atoms with Crippen LogP contribution in [-0.2, 0) is 33.3 Å². The van der Waals surface area contributed by atoms with Crippen molar-refractivity contribution in [3.63, 3.8) is 0 Å². The Bertz CT molecular complexity index is 2710. The number of fused-ring (bicyclic) bond motifs is 2. The van der Waals surface area contributed by atoms with Gasteiger partial charge < -0.3 is 59.0 Å². The van der Waals surface area contributed by atoms with Crippen LogP contribution in [0.2, 0.25) is 0 Å². The summed E-state index contributed by atoms with van der Waals surface area (Å²) < 4.78 is 32.2. The van der Waals surface area contributed by atoms with Gasteiger partial charge in [-0.15, -0.1) is 0 Å². The number of aromatic nitrogens is 4. The maximum atomic E-state index is 14.0. The second-order valence-corrected chi connectivity index (χ2v) is 18.3. The summed E-state index contributed by atoms with van der Waals surface area (Å²) in [6, 6.07) is 20.2. The second kappa shape index (κ2) is 28.1. The third-order valence-electron chi connectivity index (χ3n) is 12.8. The van der Waals surface area contributed by atoms with Gasteiger partial charge in [-0.25, -0.2) is 0 Å². The van der Waals surface area contributed by atoms with Gasteiger partial charge in [0.05, 0.1) is 111 Å². The number of carbonyl (C=O) groups is 4. The average molecular weight is 1000 g/mol. The number of hydrogen-bond acceptors (Lipinski definition) is 12. The molecule has 390 valence electrons. The molecule has 4 amide bonds. The van der Waals surface area contributed by atoms with Gasteiger partial charge in [0, 0.05) is 68.4 Å². The Hall–Kier alpha value is -6.54. The number of rotatable bonds is 30. The van der Waals surface area contributed by atoms with Crippen molar-refractivity contribution >= 4 is 45.4 Å². The van der Waals surface area contributed by atoms with Gasteiger partial charge in [0.2, 0.25) is 11.8 Å². The number of likely N-dealkylation sites (tertiary alicyclic amines) is 1. The molecule has 1 aliphatic rings. The molecule has 0 bridgehead atoms. The summed E-state index contributed by atoms with van der Waals surface area (Å²) in [6.45, 7) is 11.7. The highest BCUT2D eigenvalue weighted by Crippen LogP contribution is 2.34. The zero-order valence-corrected chi connectivity index (χ0v) is 42.6. The summed E-state index contributed by atoms with van der Waals surface area (Å²) in [5.74, 6) is -0.713. The van der Waals surface area contributed by atoms with E-state index in [4.69, 9.17) is 23.7 Å². The van der Waals surface area contributed by atoms with Crippen LogP contribution in [-0.4, -0.2) is 152 Å². The van der Waals surface area contributed by atoms with E-state index in [0.29, 0.717) is 110 Å². The van der Waals surface area contributed by atoms with E-state index in [1.165, 1.54) is 0 Å². The Morgan fingerprint density at radius 2 is 1.16 bits per heavy atom. The number of carbonyl (C=O) groups excluding carboxylic acids is 4. The number of ether oxygens (including phenoxy) is 5. The first-order valence-corrected chi connectivity index (χ1v) is 25.4. The Balaban J connectivity index is 0.717. The first kappa shape index (κ1) is 54.2. The maximum absolute atomic E-state index is 14.0. The minimum Gasteiger partial charge on any atom is -0.379 e. The number of likely N-dealkylation sites (N-methyl/N-ethyl adjacent to an activating group) is 1. The molecule has 3 atom stereocenters. The first-order valence-electron chi connectivity index (χ1n) is 25.4. The summed E-state index contributed by atoms with van der Waals surface area (Å²) in [6.07, 6.45) is 13.7. The lowest BCUT2D eigenvalue weighted by atomic mass is 10.00.